The van der Waals surface area contributed by atoms with Gasteiger partial charge in [0.25, 0.3) is 5.56 Å². The number of hydrogen-bond acceptors (Lipinski definition) is 5. The van der Waals surface area contributed by atoms with Crippen LogP contribution in [0.4, 0.5) is 5.88 Å². The summed E-state index contributed by atoms with van der Waals surface area (Å²) >= 11 is 0. The monoisotopic (exact) mass is 228 g/mol. The van der Waals surface area contributed by atoms with Gasteiger partial charge < -0.3 is 15.2 Å². The van der Waals surface area contributed by atoms with Crippen molar-refractivity contribution in [1.82, 2.24) is 15.1 Å². The molecular formula is C11H8N4O2. The van der Waals surface area contributed by atoms with Gasteiger partial charge in [-0.25, -0.2) is 4.98 Å². The molecule has 3 aromatic rings. The molecule has 0 aliphatic rings. The number of nitrogen functional groups attached to an aromatic ring is 1. The van der Waals surface area contributed by atoms with Crippen molar-refractivity contribution in [1.29, 1.82) is 0 Å². The van der Waals surface area contributed by atoms with Crippen LogP contribution in [0.5, 0.6) is 0 Å². The van der Waals surface area contributed by atoms with Crippen molar-refractivity contribution in [3.8, 4) is 11.3 Å². The number of aromatic nitrogens is 3. The molecule has 0 amide bonds. The predicted octanol–water partition coefficient (Wildman–Crippen LogP) is 1.16. The van der Waals surface area contributed by atoms with Gasteiger partial charge in [-0.1, -0.05) is 11.2 Å². The molecule has 84 valence electrons. The van der Waals surface area contributed by atoms with Crippen LogP contribution in [-0.2, 0) is 0 Å². The van der Waals surface area contributed by atoms with E-state index in [-0.39, 0.29) is 11.4 Å². The van der Waals surface area contributed by atoms with Crippen LogP contribution in [0.15, 0.2) is 39.8 Å². The van der Waals surface area contributed by atoms with Crippen molar-refractivity contribution in [2.45, 2.75) is 0 Å². The van der Waals surface area contributed by atoms with E-state index in [2.05, 4.69) is 15.1 Å². The molecule has 3 N–H and O–H groups in total. The lowest BCUT2D eigenvalue weighted by molar-refractivity contribution is 0.439. The number of hydrogen-bond donors (Lipinski definition) is 2. The van der Waals surface area contributed by atoms with Crippen LogP contribution in [0.3, 0.4) is 0 Å². The van der Waals surface area contributed by atoms with E-state index in [1.807, 2.05) is 12.1 Å². The molecule has 2 aromatic heterocycles. The molecule has 0 spiro atoms. The van der Waals surface area contributed by atoms with Crippen molar-refractivity contribution in [2.24, 2.45) is 0 Å². The van der Waals surface area contributed by atoms with Gasteiger partial charge in [0.1, 0.15) is 5.69 Å². The van der Waals surface area contributed by atoms with Crippen LogP contribution in [-0.4, -0.2) is 15.1 Å². The fourth-order valence-corrected chi connectivity index (χ4v) is 1.62. The van der Waals surface area contributed by atoms with Crippen molar-refractivity contribution in [2.75, 3.05) is 5.73 Å². The fourth-order valence-electron chi connectivity index (χ4n) is 1.62. The van der Waals surface area contributed by atoms with E-state index in [9.17, 15) is 4.79 Å². The average Bonchev–Trinajstić information content (AvgIpc) is 2.75. The van der Waals surface area contributed by atoms with Gasteiger partial charge in [-0.15, -0.1) is 0 Å². The number of benzene rings is 1. The Hall–Kier alpha value is -2.63. The SMILES string of the molecule is Nc1cc(-c2ccc3[nH]c(=O)cnc3c2)no1. The normalized spacial score (nSPS) is 10.8. The fraction of sp³-hybridized carbons (Fsp3) is 0. The third-order valence-corrected chi connectivity index (χ3v) is 2.40. The van der Waals surface area contributed by atoms with Crippen LogP contribution >= 0.6 is 0 Å². The molecule has 6 nitrogen and oxygen atoms in total. The van der Waals surface area contributed by atoms with E-state index in [0.29, 0.717) is 16.7 Å². The standard InChI is InChI=1S/C11H8N4O2/c12-10-4-8(15-17-10)6-1-2-7-9(3-6)13-5-11(16)14-7/h1-5H,12H2,(H,14,16). The lowest BCUT2D eigenvalue weighted by atomic mass is 10.1. The second kappa shape index (κ2) is 3.44. The second-order valence-corrected chi connectivity index (χ2v) is 3.59. The summed E-state index contributed by atoms with van der Waals surface area (Å²) in [7, 11) is 0. The minimum absolute atomic E-state index is 0.226. The molecule has 0 aliphatic heterocycles. The third kappa shape index (κ3) is 1.65. The number of aromatic amines is 1. The Bertz CT molecular complexity index is 744. The topological polar surface area (TPSA) is 97.8 Å². The number of anilines is 1. The molecule has 0 unspecified atom stereocenters. The first-order valence-corrected chi connectivity index (χ1v) is 4.94. The molecule has 0 aliphatic carbocycles. The maximum Gasteiger partial charge on any atom is 0.266 e. The van der Waals surface area contributed by atoms with E-state index in [1.165, 1.54) is 6.20 Å². The molecule has 1 aromatic carbocycles. The highest BCUT2D eigenvalue weighted by Gasteiger charge is 2.05. The quantitative estimate of drug-likeness (QED) is 0.651. The number of H-pyrrole nitrogens is 1. The molecule has 0 saturated carbocycles. The Morgan fingerprint density at radius 2 is 2.18 bits per heavy atom. The molecular weight excluding hydrogens is 220 g/mol. The molecule has 0 saturated heterocycles. The number of nitrogens with two attached hydrogens (primary N) is 1. The Morgan fingerprint density at radius 1 is 1.29 bits per heavy atom. The molecule has 0 radical (unpaired) electrons. The first kappa shape index (κ1) is 9.59. The van der Waals surface area contributed by atoms with E-state index in [0.717, 1.165) is 5.56 Å². The van der Waals surface area contributed by atoms with Gasteiger partial charge in [0.15, 0.2) is 0 Å². The molecule has 17 heavy (non-hydrogen) atoms. The van der Waals surface area contributed by atoms with Gasteiger partial charge in [0.2, 0.25) is 5.88 Å². The van der Waals surface area contributed by atoms with Crippen LogP contribution in [0, 0.1) is 0 Å². The maximum absolute atomic E-state index is 11.1. The van der Waals surface area contributed by atoms with Crippen LogP contribution in [0.2, 0.25) is 0 Å². The minimum Gasteiger partial charge on any atom is -0.368 e. The predicted molar refractivity (Wildman–Crippen MR) is 62.3 cm³/mol. The van der Waals surface area contributed by atoms with Crippen LogP contribution in [0.1, 0.15) is 0 Å². The van der Waals surface area contributed by atoms with Crippen molar-refractivity contribution in [3.05, 3.63) is 40.8 Å². The molecule has 0 fully saturated rings. The van der Waals surface area contributed by atoms with Crippen molar-refractivity contribution in [3.63, 3.8) is 0 Å². The zero-order chi connectivity index (χ0) is 11.8. The first-order chi connectivity index (χ1) is 8.22. The van der Waals surface area contributed by atoms with Gasteiger partial charge in [-0.05, 0) is 12.1 Å². The van der Waals surface area contributed by atoms with Gasteiger partial charge in [0, 0.05) is 11.6 Å². The highest BCUT2D eigenvalue weighted by Crippen LogP contribution is 2.22. The van der Waals surface area contributed by atoms with Gasteiger partial charge in [0.05, 0.1) is 17.2 Å². The molecule has 6 heteroatoms. The Balaban J connectivity index is 2.20. The number of fused-ring (bicyclic) bond motifs is 1. The summed E-state index contributed by atoms with van der Waals surface area (Å²) in [4.78, 5) is 17.8. The summed E-state index contributed by atoms with van der Waals surface area (Å²) in [5.74, 6) is 0.259. The summed E-state index contributed by atoms with van der Waals surface area (Å²) in [5, 5.41) is 3.81. The summed E-state index contributed by atoms with van der Waals surface area (Å²) < 4.78 is 4.80. The average molecular weight is 228 g/mol. The Morgan fingerprint density at radius 3 is 2.94 bits per heavy atom. The van der Waals surface area contributed by atoms with E-state index < -0.39 is 0 Å². The zero-order valence-corrected chi connectivity index (χ0v) is 8.68. The lowest BCUT2D eigenvalue weighted by Crippen LogP contribution is -2.04. The second-order valence-electron chi connectivity index (χ2n) is 3.59. The Kier molecular flexibility index (Phi) is 1.94. The summed E-state index contributed by atoms with van der Waals surface area (Å²) in [6.45, 7) is 0. The molecule has 3 rings (SSSR count). The number of nitrogens with zero attached hydrogens (tertiary/aromatic N) is 2. The lowest BCUT2D eigenvalue weighted by Gasteiger charge is -1.98. The van der Waals surface area contributed by atoms with Gasteiger partial charge in [-0.3, -0.25) is 4.79 Å². The highest BCUT2D eigenvalue weighted by atomic mass is 16.5. The van der Waals surface area contributed by atoms with Gasteiger partial charge in [-0.2, -0.15) is 0 Å². The minimum atomic E-state index is -0.226. The van der Waals surface area contributed by atoms with E-state index in [4.69, 9.17) is 10.3 Å². The van der Waals surface area contributed by atoms with E-state index >= 15 is 0 Å². The molecule has 0 atom stereocenters. The summed E-state index contributed by atoms with van der Waals surface area (Å²) in [5.41, 5.74) is 8.06. The van der Waals surface area contributed by atoms with Crippen LogP contribution < -0.4 is 11.3 Å². The zero-order valence-electron chi connectivity index (χ0n) is 8.68. The largest absolute Gasteiger partial charge is 0.368 e. The Labute approximate surface area is 95.1 Å². The van der Waals surface area contributed by atoms with Gasteiger partial charge >= 0.3 is 0 Å². The number of nitrogens with one attached hydrogen (secondary N) is 1. The molecule has 2 heterocycles. The summed E-state index contributed by atoms with van der Waals surface area (Å²) in [6, 6.07) is 7.02. The van der Waals surface area contributed by atoms with Crippen molar-refractivity contribution < 1.29 is 4.52 Å². The smallest absolute Gasteiger partial charge is 0.266 e. The molecule has 0 bridgehead atoms. The van der Waals surface area contributed by atoms with E-state index in [1.54, 1.807) is 12.1 Å². The van der Waals surface area contributed by atoms with Crippen molar-refractivity contribution >= 4 is 16.9 Å². The van der Waals surface area contributed by atoms with Crippen LogP contribution in [0.25, 0.3) is 22.3 Å². The first-order valence-electron chi connectivity index (χ1n) is 4.94. The highest BCUT2D eigenvalue weighted by molar-refractivity contribution is 5.80. The summed E-state index contributed by atoms with van der Waals surface area (Å²) in [6.07, 6.45) is 1.24. The number of rotatable bonds is 1. The third-order valence-electron chi connectivity index (χ3n) is 2.40. The maximum atomic E-state index is 11.1.